The van der Waals surface area contributed by atoms with Gasteiger partial charge in [0.25, 0.3) is 0 Å². The van der Waals surface area contributed by atoms with Gasteiger partial charge in [-0.2, -0.15) is 0 Å². The summed E-state index contributed by atoms with van der Waals surface area (Å²) in [7, 11) is 0. The molecular weight excluding hydrogens is 153 g/mol. The van der Waals surface area contributed by atoms with Crippen LogP contribution in [0.2, 0.25) is 0 Å². The summed E-state index contributed by atoms with van der Waals surface area (Å²) in [6, 6.07) is 6.44. The lowest BCUT2D eigenvalue weighted by molar-refractivity contribution is 0.616. The monoisotopic (exact) mass is 167 g/mol. The summed E-state index contributed by atoms with van der Waals surface area (Å²) in [6.45, 7) is 2.09. The van der Waals surface area contributed by atoms with Gasteiger partial charge in [-0.1, -0.05) is 25.5 Å². The third-order valence-electron chi connectivity index (χ3n) is 1.90. The van der Waals surface area contributed by atoms with Gasteiger partial charge in [-0.05, 0) is 24.1 Å². The van der Waals surface area contributed by atoms with Gasteiger partial charge in [0.05, 0.1) is 0 Å². The van der Waals surface area contributed by atoms with Crippen LogP contribution in [0.3, 0.4) is 0 Å². The fourth-order valence-electron chi connectivity index (χ4n) is 1.19. The first-order chi connectivity index (χ1) is 5.74. The predicted octanol–water partition coefficient (Wildman–Crippen LogP) is 2.63. The fourth-order valence-corrected chi connectivity index (χ4v) is 1.19. The summed E-state index contributed by atoms with van der Waals surface area (Å²) in [5.41, 5.74) is 6.85. The molecule has 66 valence electrons. The molecule has 0 saturated heterocycles. The Morgan fingerprint density at radius 1 is 1.33 bits per heavy atom. The SMILES string of the molecule is CCC[C@@H](N)c1ccc(F)cc1. The molecule has 0 aliphatic heterocycles. The standard InChI is InChI=1S/C10H14FN/c1-2-3-10(12)8-4-6-9(11)7-5-8/h4-7,10H,2-3,12H2,1H3/t10-/m1/s1. The van der Waals surface area contributed by atoms with E-state index in [0.717, 1.165) is 18.4 Å². The highest BCUT2D eigenvalue weighted by Gasteiger charge is 2.03. The van der Waals surface area contributed by atoms with Crippen LogP contribution >= 0.6 is 0 Å². The Morgan fingerprint density at radius 2 is 1.92 bits per heavy atom. The van der Waals surface area contributed by atoms with Gasteiger partial charge in [0.1, 0.15) is 5.82 Å². The van der Waals surface area contributed by atoms with E-state index in [4.69, 9.17) is 5.73 Å². The average molecular weight is 167 g/mol. The molecule has 0 radical (unpaired) electrons. The second-order valence-electron chi connectivity index (χ2n) is 2.95. The number of hydrogen-bond donors (Lipinski definition) is 1. The molecule has 1 rings (SSSR count). The minimum absolute atomic E-state index is 0.0515. The third-order valence-corrected chi connectivity index (χ3v) is 1.90. The van der Waals surface area contributed by atoms with Crippen molar-refractivity contribution in [2.45, 2.75) is 25.8 Å². The van der Waals surface area contributed by atoms with Crippen molar-refractivity contribution in [1.29, 1.82) is 0 Å². The number of halogens is 1. The Morgan fingerprint density at radius 3 is 2.42 bits per heavy atom. The lowest BCUT2D eigenvalue weighted by Crippen LogP contribution is -2.09. The van der Waals surface area contributed by atoms with Crippen molar-refractivity contribution in [3.63, 3.8) is 0 Å². The Hall–Kier alpha value is -0.890. The highest BCUT2D eigenvalue weighted by atomic mass is 19.1. The first-order valence-electron chi connectivity index (χ1n) is 4.25. The molecule has 0 spiro atoms. The summed E-state index contributed by atoms with van der Waals surface area (Å²) < 4.78 is 12.5. The zero-order valence-electron chi connectivity index (χ0n) is 7.26. The minimum Gasteiger partial charge on any atom is -0.324 e. The van der Waals surface area contributed by atoms with Crippen molar-refractivity contribution >= 4 is 0 Å². The predicted molar refractivity (Wildman–Crippen MR) is 48.2 cm³/mol. The van der Waals surface area contributed by atoms with Crippen molar-refractivity contribution in [2.75, 3.05) is 0 Å². The molecular formula is C10H14FN. The van der Waals surface area contributed by atoms with Crippen LogP contribution in [-0.4, -0.2) is 0 Å². The average Bonchev–Trinajstić information content (AvgIpc) is 2.06. The molecule has 1 aromatic carbocycles. The van der Waals surface area contributed by atoms with Crippen molar-refractivity contribution in [1.82, 2.24) is 0 Å². The number of nitrogens with two attached hydrogens (primary N) is 1. The van der Waals surface area contributed by atoms with Gasteiger partial charge in [0.2, 0.25) is 0 Å². The maximum Gasteiger partial charge on any atom is 0.123 e. The third kappa shape index (κ3) is 2.31. The quantitative estimate of drug-likeness (QED) is 0.735. The Bertz CT molecular complexity index is 230. The minimum atomic E-state index is -0.206. The van der Waals surface area contributed by atoms with Crippen LogP contribution < -0.4 is 5.73 Å². The van der Waals surface area contributed by atoms with E-state index < -0.39 is 0 Å². The van der Waals surface area contributed by atoms with E-state index >= 15 is 0 Å². The van der Waals surface area contributed by atoms with Crippen molar-refractivity contribution in [3.05, 3.63) is 35.6 Å². The van der Waals surface area contributed by atoms with Gasteiger partial charge < -0.3 is 5.73 Å². The molecule has 1 nitrogen and oxygen atoms in total. The zero-order valence-corrected chi connectivity index (χ0v) is 7.26. The molecule has 0 amide bonds. The van der Waals surface area contributed by atoms with Gasteiger partial charge >= 0.3 is 0 Å². The molecule has 0 saturated carbocycles. The molecule has 0 heterocycles. The van der Waals surface area contributed by atoms with Crippen LogP contribution in [0.1, 0.15) is 31.4 Å². The topological polar surface area (TPSA) is 26.0 Å². The lowest BCUT2D eigenvalue weighted by Gasteiger charge is -2.09. The maximum atomic E-state index is 12.5. The largest absolute Gasteiger partial charge is 0.324 e. The molecule has 12 heavy (non-hydrogen) atoms. The molecule has 2 N–H and O–H groups in total. The van der Waals surface area contributed by atoms with E-state index in [1.807, 2.05) is 0 Å². The first-order valence-corrected chi connectivity index (χ1v) is 4.25. The van der Waals surface area contributed by atoms with E-state index in [2.05, 4.69) is 6.92 Å². The van der Waals surface area contributed by atoms with Gasteiger partial charge in [-0.25, -0.2) is 4.39 Å². The highest BCUT2D eigenvalue weighted by Crippen LogP contribution is 2.15. The maximum absolute atomic E-state index is 12.5. The summed E-state index contributed by atoms with van der Waals surface area (Å²) in [4.78, 5) is 0. The van der Waals surface area contributed by atoms with E-state index in [-0.39, 0.29) is 11.9 Å². The lowest BCUT2D eigenvalue weighted by atomic mass is 10.0. The molecule has 0 aliphatic rings. The molecule has 0 fully saturated rings. The van der Waals surface area contributed by atoms with Crippen molar-refractivity contribution in [3.8, 4) is 0 Å². The fraction of sp³-hybridized carbons (Fsp3) is 0.400. The van der Waals surface area contributed by atoms with Crippen LogP contribution in [0.15, 0.2) is 24.3 Å². The summed E-state index contributed by atoms with van der Waals surface area (Å²) in [5.74, 6) is -0.206. The van der Waals surface area contributed by atoms with E-state index in [1.165, 1.54) is 12.1 Å². The van der Waals surface area contributed by atoms with Gasteiger partial charge in [0.15, 0.2) is 0 Å². The molecule has 1 aromatic rings. The Balaban J connectivity index is 2.68. The van der Waals surface area contributed by atoms with Crippen LogP contribution in [0.4, 0.5) is 4.39 Å². The molecule has 2 heteroatoms. The van der Waals surface area contributed by atoms with Gasteiger partial charge in [0, 0.05) is 6.04 Å². The zero-order chi connectivity index (χ0) is 8.97. The summed E-state index contributed by atoms with van der Waals surface area (Å²) in [6.07, 6.45) is 2.00. The van der Waals surface area contributed by atoms with Crippen LogP contribution in [0.5, 0.6) is 0 Å². The van der Waals surface area contributed by atoms with E-state index in [9.17, 15) is 4.39 Å². The Labute approximate surface area is 72.4 Å². The summed E-state index contributed by atoms with van der Waals surface area (Å²) in [5, 5.41) is 0. The van der Waals surface area contributed by atoms with Gasteiger partial charge in [-0.15, -0.1) is 0 Å². The van der Waals surface area contributed by atoms with Crippen LogP contribution in [0.25, 0.3) is 0 Å². The Kier molecular flexibility index (Phi) is 3.23. The van der Waals surface area contributed by atoms with Crippen LogP contribution in [0, 0.1) is 5.82 Å². The van der Waals surface area contributed by atoms with Gasteiger partial charge in [-0.3, -0.25) is 0 Å². The molecule has 0 aliphatic carbocycles. The van der Waals surface area contributed by atoms with Crippen molar-refractivity contribution in [2.24, 2.45) is 5.73 Å². The van der Waals surface area contributed by atoms with Crippen molar-refractivity contribution < 1.29 is 4.39 Å². The molecule has 0 bridgehead atoms. The van der Waals surface area contributed by atoms with E-state index in [1.54, 1.807) is 12.1 Å². The number of hydrogen-bond acceptors (Lipinski definition) is 1. The highest BCUT2D eigenvalue weighted by molar-refractivity contribution is 5.19. The van der Waals surface area contributed by atoms with Crippen LogP contribution in [-0.2, 0) is 0 Å². The first kappa shape index (κ1) is 9.20. The molecule has 0 aromatic heterocycles. The smallest absolute Gasteiger partial charge is 0.123 e. The molecule has 1 atom stereocenters. The normalized spacial score (nSPS) is 12.9. The van der Waals surface area contributed by atoms with E-state index in [0.29, 0.717) is 0 Å². The molecule has 0 unspecified atom stereocenters. The summed E-state index contributed by atoms with van der Waals surface area (Å²) >= 11 is 0. The number of benzene rings is 1. The second-order valence-corrected chi connectivity index (χ2v) is 2.95. The number of rotatable bonds is 3. The second kappa shape index (κ2) is 4.21.